The Balaban J connectivity index is 1.18. The molecule has 0 unspecified atom stereocenters. The summed E-state index contributed by atoms with van der Waals surface area (Å²) in [6.45, 7) is 0.664. The topological polar surface area (TPSA) is 78.1 Å². The number of hydrogen-bond donors (Lipinski definition) is 2. The van der Waals surface area contributed by atoms with Crippen LogP contribution in [0.3, 0.4) is 0 Å². The highest BCUT2D eigenvalue weighted by Crippen LogP contribution is 2.24. The van der Waals surface area contributed by atoms with Gasteiger partial charge in [0.2, 0.25) is 5.91 Å². The number of rotatable bonds is 4. The molecular weight excluding hydrogens is 438 g/mol. The van der Waals surface area contributed by atoms with Gasteiger partial charge in [0.15, 0.2) is 0 Å². The monoisotopic (exact) mass is 460 g/mol. The van der Waals surface area contributed by atoms with E-state index in [1.165, 1.54) is 4.90 Å². The fourth-order valence-corrected chi connectivity index (χ4v) is 4.22. The van der Waals surface area contributed by atoms with Gasteiger partial charge in [0, 0.05) is 36.3 Å². The summed E-state index contributed by atoms with van der Waals surface area (Å²) < 4.78 is 27.0. The number of H-pyrrole nitrogens is 1. The Bertz CT molecular complexity index is 1330. The third-order valence-corrected chi connectivity index (χ3v) is 6.13. The lowest BCUT2D eigenvalue weighted by atomic mass is 9.95. The normalized spacial score (nSPS) is 14.4. The minimum Gasteiger partial charge on any atom is -0.339 e. The molecule has 4 aromatic rings. The molecule has 0 radical (unpaired) electrons. The summed E-state index contributed by atoms with van der Waals surface area (Å²) in [7, 11) is 0. The molecule has 1 fully saturated rings. The summed E-state index contributed by atoms with van der Waals surface area (Å²) >= 11 is 0. The molecule has 2 N–H and O–H groups in total. The highest BCUT2D eigenvalue weighted by Gasteiger charge is 2.29. The number of anilines is 1. The zero-order valence-electron chi connectivity index (χ0n) is 18.2. The number of likely N-dealkylation sites (tertiary alicyclic amines) is 1. The number of aromatic nitrogens is 2. The van der Waals surface area contributed by atoms with Crippen molar-refractivity contribution in [2.45, 2.75) is 12.8 Å². The summed E-state index contributed by atoms with van der Waals surface area (Å²) in [5, 5.41) is 2.93. The van der Waals surface area contributed by atoms with E-state index >= 15 is 0 Å². The summed E-state index contributed by atoms with van der Waals surface area (Å²) in [4.78, 5) is 34.7. The van der Waals surface area contributed by atoms with E-state index in [0.717, 1.165) is 34.6 Å². The van der Waals surface area contributed by atoms with Crippen molar-refractivity contribution in [3.63, 3.8) is 0 Å². The summed E-state index contributed by atoms with van der Waals surface area (Å²) in [6, 6.07) is 18.2. The van der Waals surface area contributed by atoms with Crippen molar-refractivity contribution in [1.82, 2.24) is 14.9 Å². The number of hydrogen-bond acceptors (Lipinski definition) is 3. The van der Waals surface area contributed by atoms with E-state index in [2.05, 4.69) is 15.3 Å². The number of benzene rings is 3. The number of amides is 2. The van der Waals surface area contributed by atoms with Crippen molar-refractivity contribution in [3.05, 3.63) is 83.9 Å². The van der Waals surface area contributed by atoms with E-state index in [0.29, 0.717) is 37.7 Å². The molecule has 5 rings (SSSR count). The van der Waals surface area contributed by atoms with Crippen LogP contribution in [-0.2, 0) is 4.79 Å². The Morgan fingerprint density at radius 3 is 2.41 bits per heavy atom. The van der Waals surface area contributed by atoms with E-state index in [-0.39, 0.29) is 17.4 Å². The van der Waals surface area contributed by atoms with Crippen molar-refractivity contribution < 1.29 is 18.4 Å². The smallest absolute Gasteiger partial charge is 0.256 e. The van der Waals surface area contributed by atoms with Crippen molar-refractivity contribution in [1.29, 1.82) is 0 Å². The van der Waals surface area contributed by atoms with Gasteiger partial charge in [-0.3, -0.25) is 9.59 Å². The van der Waals surface area contributed by atoms with Gasteiger partial charge < -0.3 is 15.2 Å². The third-order valence-electron chi connectivity index (χ3n) is 6.13. The van der Waals surface area contributed by atoms with Gasteiger partial charge in [0.05, 0.1) is 16.6 Å². The summed E-state index contributed by atoms with van der Waals surface area (Å²) in [5.41, 5.74) is 3.28. The van der Waals surface area contributed by atoms with Crippen molar-refractivity contribution in [3.8, 4) is 11.4 Å². The van der Waals surface area contributed by atoms with Crippen LogP contribution in [0.5, 0.6) is 0 Å². The molecule has 0 bridgehead atoms. The molecular formula is C26H22F2N4O2. The first-order chi connectivity index (χ1) is 16.5. The van der Waals surface area contributed by atoms with Crippen LogP contribution in [0.25, 0.3) is 22.4 Å². The van der Waals surface area contributed by atoms with E-state index in [1.54, 1.807) is 0 Å². The third kappa shape index (κ3) is 4.39. The first-order valence-corrected chi connectivity index (χ1v) is 11.1. The molecule has 34 heavy (non-hydrogen) atoms. The fraction of sp³-hybridized carbons (Fsp3) is 0.192. The van der Waals surface area contributed by atoms with Crippen LogP contribution in [0.1, 0.15) is 23.2 Å². The number of piperidine rings is 1. The van der Waals surface area contributed by atoms with E-state index < -0.39 is 17.5 Å². The van der Waals surface area contributed by atoms with E-state index in [9.17, 15) is 18.4 Å². The maximum Gasteiger partial charge on any atom is 0.256 e. The molecule has 8 heteroatoms. The molecule has 1 aliphatic rings. The minimum atomic E-state index is -0.879. The Hall–Kier alpha value is -4.07. The van der Waals surface area contributed by atoms with Gasteiger partial charge in [-0.2, -0.15) is 0 Å². The van der Waals surface area contributed by atoms with Crippen molar-refractivity contribution in [2.75, 3.05) is 18.4 Å². The molecule has 1 aliphatic heterocycles. The fourth-order valence-electron chi connectivity index (χ4n) is 4.22. The first kappa shape index (κ1) is 21.8. The van der Waals surface area contributed by atoms with Crippen LogP contribution < -0.4 is 5.32 Å². The second kappa shape index (κ2) is 9.05. The quantitative estimate of drug-likeness (QED) is 0.450. The van der Waals surface area contributed by atoms with Gasteiger partial charge in [-0.1, -0.05) is 12.1 Å². The average Bonchev–Trinajstić information content (AvgIpc) is 3.29. The number of halogens is 2. The second-order valence-corrected chi connectivity index (χ2v) is 8.36. The molecule has 172 valence electrons. The minimum absolute atomic E-state index is 0.114. The van der Waals surface area contributed by atoms with Crippen LogP contribution in [0, 0.1) is 17.6 Å². The average molecular weight is 460 g/mol. The first-order valence-electron chi connectivity index (χ1n) is 11.1. The molecule has 0 spiro atoms. The number of fused-ring (bicyclic) bond motifs is 1. The molecule has 0 atom stereocenters. The molecule has 0 saturated carbocycles. The van der Waals surface area contributed by atoms with Gasteiger partial charge in [-0.05, 0) is 61.4 Å². The van der Waals surface area contributed by atoms with Crippen LogP contribution in [0.4, 0.5) is 14.5 Å². The van der Waals surface area contributed by atoms with E-state index in [4.69, 9.17) is 0 Å². The zero-order valence-corrected chi connectivity index (χ0v) is 18.2. The van der Waals surface area contributed by atoms with Crippen LogP contribution in [-0.4, -0.2) is 39.8 Å². The maximum absolute atomic E-state index is 13.9. The Labute approximate surface area is 194 Å². The number of aromatic amines is 1. The molecule has 1 aromatic heterocycles. The van der Waals surface area contributed by atoms with Gasteiger partial charge in [0.1, 0.15) is 17.5 Å². The molecule has 1 saturated heterocycles. The molecule has 3 aromatic carbocycles. The number of nitrogens with zero attached hydrogens (tertiary/aromatic N) is 2. The van der Waals surface area contributed by atoms with Crippen LogP contribution >= 0.6 is 0 Å². The second-order valence-electron chi connectivity index (χ2n) is 8.36. The van der Waals surface area contributed by atoms with Gasteiger partial charge in [-0.15, -0.1) is 0 Å². The summed E-state index contributed by atoms with van der Waals surface area (Å²) in [5.74, 6) is -1.70. The number of carbonyl (C=O) groups is 2. The Morgan fingerprint density at radius 2 is 1.71 bits per heavy atom. The van der Waals surface area contributed by atoms with Gasteiger partial charge in [-0.25, -0.2) is 13.8 Å². The van der Waals surface area contributed by atoms with Gasteiger partial charge >= 0.3 is 0 Å². The Kier molecular flexibility index (Phi) is 5.79. The van der Waals surface area contributed by atoms with Crippen LogP contribution in [0.2, 0.25) is 0 Å². The SMILES string of the molecule is O=C(Nc1ccc(-c2nc3ccccc3[nH]2)cc1)C1CCN(C(=O)c2ccc(F)cc2F)CC1. The van der Waals surface area contributed by atoms with Gasteiger partial charge in [0.25, 0.3) is 5.91 Å². The molecule has 2 amide bonds. The predicted octanol–water partition coefficient (Wildman–Crippen LogP) is 5.00. The zero-order chi connectivity index (χ0) is 23.7. The number of nitrogens with one attached hydrogen (secondary N) is 2. The molecule has 6 nitrogen and oxygen atoms in total. The lowest BCUT2D eigenvalue weighted by molar-refractivity contribution is -0.121. The Morgan fingerprint density at radius 1 is 0.971 bits per heavy atom. The summed E-state index contributed by atoms with van der Waals surface area (Å²) in [6.07, 6.45) is 0.939. The standard InChI is InChI=1S/C26H22F2N4O2/c27-18-7-10-20(21(28)15-18)26(34)32-13-11-17(12-14-32)25(33)29-19-8-5-16(6-9-19)24-30-22-3-1-2-4-23(22)31-24/h1-10,15,17H,11-14H2,(H,29,33)(H,30,31). The van der Waals surface area contributed by atoms with E-state index in [1.807, 2.05) is 48.5 Å². The molecule has 0 aliphatic carbocycles. The van der Waals surface area contributed by atoms with Crippen molar-refractivity contribution in [2.24, 2.45) is 5.92 Å². The van der Waals surface area contributed by atoms with Crippen LogP contribution in [0.15, 0.2) is 66.7 Å². The lowest BCUT2D eigenvalue weighted by Crippen LogP contribution is -2.41. The molecule has 2 heterocycles. The highest BCUT2D eigenvalue weighted by atomic mass is 19.1. The number of para-hydroxylation sites is 2. The maximum atomic E-state index is 13.9. The number of carbonyl (C=O) groups excluding carboxylic acids is 2. The number of imidazole rings is 1. The lowest BCUT2D eigenvalue weighted by Gasteiger charge is -2.31. The largest absolute Gasteiger partial charge is 0.339 e. The highest BCUT2D eigenvalue weighted by molar-refractivity contribution is 5.95. The van der Waals surface area contributed by atoms with Crippen molar-refractivity contribution >= 4 is 28.5 Å². The predicted molar refractivity (Wildman–Crippen MR) is 125 cm³/mol.